The summed E-state index contributed by atoms with van der Waals surface area (Å²) in [6.07, 6.45) is 33.1. The lowest BCUT2D eigenvalue weighted by atomic mass is 9.63. The van der Waals surface area contributed by atoms with Gasteiger partial charge < -0.3 is 0 Å². The highest BCUT2D eigenvalue weighted by molar-refractivity contribution is 5.82. The molecular weight excluding hydrogens is 512 g/mol. The van der Waals surface area contributed by atoms with E-state index in [0.29, 0.717) is 24.4 Å². The fraction of sp³-hybridized carbons (Fsp3) is 0.500. The normalized spacial score (nSPS) is 28.4. The molecule has 0 saturated heterocycles. The summed E-state index contributed by atoms with van der Waals surface area (Å²) < 4.78 is 0. The molecule has 2 heteroatoms. The summed E-state index contributed by atoms with van der Waals surface area (Å²) in [5, 5.41) is 0. The van der Waals surface area contributed by atoms with Crippen LogP contribution in [0.1, 0.15) is 94.9 Å². The van der Waals surface area contributed by atoms with Gasteiger partial charge in [-0.15, -0.1) is 0 Å². The van der Waals surface area contributed by atoms with Crippen LogP contribution < -0.4 is 0 Å². The summed E-state index contributed by atoms with van der Waals surface area (Å²) in [6.45, 7) is 21.7. The second-order valence-electron chi connectivity index (χ2n) is 14.0. The topological polar surface area (TPSA) is 34.1 Å². The van der Waals surface area contributed by atoms with Crippen LogP contribution in [0.2, 0.25) is 0 Å². The average Bonchev–Trinajstić information content (AvgIpc) is 2.91. The summed E-state index contributed by atoms with van der Waals surface area (Å²) >= 11 is 0. The minimum atomic E-state index is 0.0954. The molecule has 2 aliphatic carbocycles. The van der Waals surface area contributed by atoms with E-state index in [1.54, 1.807) is 0 Å². The minimum absolute atomic E-state index is 0.0954. The van der Waals surface area contributed by atoms with Gasteiger partial charge in [-0.1, -0.05) is 149 Å². The van der Waals surface area contributed by atoms with Crippen LogP contribution in [-0.2, 0) is 9.59 Å². The van der Waals surface area contributed by atoms with E-state index >= 15 is 0 Å². The van der Waals surface area contributed by atoms with Crippen molar-refractivity contribution in [3.8, 4) is 0 Å². The molecule has 2 saturated carbocycles. The van der Waals surface area contributed by atoms with E-state index < -0.39 is 0 Å². The smallest absolute Gasteiger partial charge is 0.136 e. The number of rotatable bonds is 10. The van der Waals surface area contributed by atoms with Gasteiger partial charge in [0.1, 0.15) is 11.6 Å². The number of allylic oxidation sites excluding steroid dienone is 18. The maximum absolute atomic E-state index is 12.2. The van der Waals surface area contributed by atoms with E-state index in [2.05, 4.69) is 154 Å². The maximum Gasteiger partial charge on any atom is 0.136 e. The highest BCUT2D eigenvalue weighted by Gasteiger charge is 2.40. The average molecular weight is 569 g/mol. The van der Waals surface area contributed by atoms with E-state index in [1.807, 2.05) is 0 Å². The number of carbonyl (C=O) groups is 2. The lowest BCUT2D eigenvalue weighted by Gasteiger charge is -2.40. The number of hydrogen-bond donors (Lipinski definition) is 0. The Balaban J connectivity index is 1.88. The SMILES string of the molecule is CC(/C=C/C=C(C)/C=C/C1C(C)C(=O)CCC1(C)C)=C\C=C\C=C(C)\C=C\C=C(C)\C=C\C1C(C)C(=O)CCC1(C)C. The second-order valence-corrected chi connectivity index (χ2v) is 14.0. The van der Waals surface area contributed by atoms with Crippen molar-refractivity contribution in [2.24, 2.45) is 34.5 Å². The van der Waals surface area contributed by atoms with Gasteiger partial charge in [0.25, 0.3) is 0 Å². The van der Waals surface area contributed by atoms with Crippen molar-refractivity contribution >= 4 is 11.6 Å². The summed E-state index contributed by atoms with van der Waals surface area (Å²) in [5.74, 6) is 1.55. The molecule has 0 spiro atoms. The van der Waals surface area contributed by atoms with Crippen LogP contribution in [0.5, 0.6) is 0 Å². The largest absolute Gasteiger partial charge is 0.299 e. The molecule has 0 aromatic heterocycles. The van der Waals surface area contributed by atoms with E-state index in [9.17, 15) is 9.59 Å². The Morgan fingerprint density at radius 3 is 1.21 bits per heavy atom. The van der Waals surface area contributed by atoms with Crippen LogP contribution in [-0.4, -0.2) is 11.6 Å². The van der Waals surface area contributed by atoms with Gasteiger partial charge in [0.05, 0.1) is 0 Å². The second kappa shape index (κ2) is 16.0. The minimum Gasteiger partial charge on any atom is -0.299 e. The van der Waals surface area contributed by atoms with Gasteiger partial charge in [-0.2, -0.15) is 0 Å². The maximum atomic E-state index is 12.2. The zero-order valence-corrected chi connectivity index (χ0v) is 28.0. The molecule has 0 N–H and O–H groups in total. The van der Waals surface area contributed by atoms with E-state index in [0.717, 1.165) is 12.8 Å². The van der Waals surface area contributed by atoms with E-state index in [1.165, 1.54) is 22.3 Å². The van der Waals surface area contributed by atoms with Crippen molar-refractivity contribution in [1.29, 1.82) is 0 Å². The lowest BCUT2D eigenvalue weighted by Crippen LogP contribution is -2.37. The first-order valence-electron chi connectivity index (χ1n) is 15.8. The molecule has 2 rings (SSSR count). The molecule has 4 atom stereocenters. The van der Waals surface area contributed by atoms with Crippen molar-refractivity contribution in [1.82, 2.24) is 0 Å². The van der Waals surface area contributed by atoms with Crippen LogP contribution >= 0.6 is 0 Å². The van der Waals surface area contributed by atoms with E-state index in [4.69, 9.17) is 0 Å². The molecule has 0 aromatic carbocycles. The third-order valence-electron chi connectivity index (χ3n) is 9.33. The number of carbonyl (C=O) groups excluding carboxylic acids is 2. The lowest BCUT2D eigenvalue weighted by molar-refractivity contribution is -0.129. The number of ketones is 2. The Bertz CT molecular complexity index is 1140. The monoisotopic (exact) mass is 568 g/mol. The van der Waals surface area contributed by atoms with Gasteiger partial charge in [0, 0.05) is 24.7 Å². The first kappa shape index (κ1) is 35.2. The summed E-state index contributed by atoms with van der Waals surface area (Å²) in [6, 6.07) is 0. The zero-order valence-electron chi connectivity index (χ0n) is 28.0. The van der Waals surface area contributed by atoms with Gasteiger partial charge in [-0.05, 0) is 63.2 Å². The molecule has 0 radical (unpaired) electrons. The molecule has 4 unspecified atom stereocenters. The van der Waals surface area contributed by atoms with Gasteiger partial charge in [0.2, 0.25) is 0 Å². The van der Waals surface area contributed by atoms with Crippen LogP contribution in [0.3, 0.4) is 0 Å². The van der Waals surface area contributed by atoms with Gasteiger partial charge in [-0.25, -0.2) is 0 Å². The summed E-state index contributed by atoms with van der Waals surface area (Å²) in [5.41, 5.74) is 5.05. The Labute approximate surface area is 257 Å². The molecule has 0 aromatic rings. The Kier molecular flexibility index (Phi) is 13.4. The van der Waals surface area contributed by atoms with Crippen LogP contribution in [0.4, 0.5) is 0 Å². The fourth-order valence-electron chi connectivity index (χ4n) is 6.14. The first-order chi connectivity index (χ1) is 19.6. The number of hydrogen-bond acceptors (Lipinski definition) is 2. The van der Waals surface area contributed by atoms with Crippen molar-refractivity contribution in [2.75, 3.05) is 0 Å². The molecule has 0 bridgehead atoms. The Hall–Kier alpha value is -3.00. The molecule has 2 aliphatic rings. The molecular formula is C40H56O2. The highest BCUT2D eigenvalue weighted by Crippen LogP contribution is 2.44. The molecule has 2 fully saturated rings. The molecule has 0 heterocycles. The Morgan fingerprint density at radius 2 is 0.857 bits per heavy atom. The predicted octanol–water partition coefficient (Wildman–Crippen LogP) is 10.8. The molecule has 0 aliphatic heterocycles. The highest BCUT2D eigenvalue weighted by atomic mass is 16.1. The fourth-order valence-corrected chi connectivity index (χ4v) is 6.14. The van der Waals surface area contributed by atoms with Gasteiger partial charge in [0.15, 0.2) is 0 Å². The molecule has 2 nitrogen and oxygen atoms in total. The predicted molar refractivity (Wildman–Crippen MR) is 182 cm³/mol. The Morgan fingerprint density at radius 1 is 0.548 bits per heavy atom. The molecule has 0 amide bonds. The first-order valence-corrected chi connectivity index (χ1v) is 15.8. The molecule has 42 heavy (non-hydrogen) atoms. The number of Topliss-reactive ketones (excluding diaryl/α,β-unsaturated/α-hetero) is 2. The third-order valence-corrected chi connectivity index (χ3v) is 9.33. The van der Waals surface area contributed by atoms with Crippen molar-refractivity contribution in [3.63, 3.8) is 0 Å². The van der Waals surface area contributed by atoms with Gasteiger partial charge in [-0.3, -0.25) is 9.59 Å². The van der Waals surface area contributed by atoms with E-state index in [-0.39, 0.29) is 34.5 Å². The van der Waals surface area contributed by atoms with Crippen LogP contribution in [0.25, 0.3) is 0 Å². The van der Waals surface area contributed by atoms with Crippen LogP contribution in [0.15, 0.2) is 107 Å². The van der Waals surface area contributed by atoms with Crippen molar-refractivity contribution in [2.45, 2.75) is 94.9 Å². The van der Waals surface area contributed by atoms with Crippen LogP contribution in [0, 0.1) is 34.5 Å². The summed E-state index contributed by atoms with van der Waals surface area (Å²) in [7, 11) is 0. The summed E-state index contributed by atoms with van der Waals surface area (Å²) in [4.78, 5) is 24.4. The molecule has 228 valence electrons. The van der Waals surface area contributed by atoms with Crippen molar-refractivity contribution < 1.29 is 9.59 Å². The zero-order chi connectivity index (χ0) is 31.5. The van der Waals surface area contributed by atoms with Crippen molar-refractivity contribution in [3.05, 3.63) is 107 Å². The van der Waals surface area contributed by atoms with Gasteiger partial charge >= 0.3 is 0 Å². The third kappa shape index (κ3) is 11.0. The quantitative estimate of drug-likeness (QED) is 0.246. The standard InChI is InChI=1S/C40H56O2/c1-29(17-13-19-31(3)21-23-35-33(5)37(41)25-27-39(35,7)8)15-11-12-16-30(2)18-14-20-32(4)22-24-36-34(6)38(42)26-28-40(36,9)10/h11-24,33-36H,25-28H2,1-10H3/b12-11+,17-13+,18-14+,23-21+,24-22+,29-15+,30-16+,31-19+,32-20+.